The number of ether oxygens (including phenoxy) is 1. The van der Waals surface area contributed by atoms with Crippen molar-refractivity contribution in [1.29, 1.82) is 0 Å². The summed E-state index contributed by atoms with van der Waals surface area (Å²) in [6, 6.07) is 6.47. The molecular weight excluding hydrogens is 346 g/mol. The van der Waals surface area contributed by atoms with Crippen LogP contribution < -0.4 is 20.1 Å². The second-order valence-electron chi connectivity index (χ2n) is 6.34. The van der Waals surface area contributed by atoms with Crippen molar-refractivity contribution in [2.75, 3.05) is 30.1 Å². The predicted octanol–water partition coefficient (Wildman–Crippen LogP) is -0.0880. The van der Waals surface area contributed by atoms with Crippen LogP contribution in [0.5, 0.6) is 5.75 Å². The molecule has 0 aliphatic carbocycles. The molecule has 1 fully saturated rings. The molecule has 1 aliphatic heterocycles. The Balaban J connectivity index is 1.83. The summed E-state index contributed by atoms with van der Waals surface area (Å²) in [7, 11) is -3.81. The third kappa shape index (κ3) is 6.52. The van der Waals surface area contributed by atoms with E-state index in [1.165, 1.54) is 0 Å². The number of sulfonamides is 1. The average molecular weight is 371 g/mol. The van der Waals surface area contributed by atoms with Gasteiger partial charge in [-0.05, 0) is 38.1 Å². The molecule has 8 nitrogen and oxygen atoms in total. The molecule has 9 heteroatoms. The van der Waals surface area contributed by atoms with Gasteiger partial charge in [-0.25, -0.2) is 8.42 Å². The predicted molar refractivity (Wildman–Crippen MR) is 95.0 cm³/mol. The maximum Gasteiger partial charge on any atom is 0.241 e. The summed E-state index contributed by atoms with van der Waals surface area (Å²) in [5, 5.41) is 15.2. The lowest BCUT2D eigenvalue weighted by Crippen LogP contribution is -2.38. The molecule has 0 radical (unpaired) electrons. The Morgan fingerprint density at radius 2 is 2.00 bits per heavy atom. The molecule has 1 aromatic rings. The fourth-order valence-electron chi connectivity index (χ4n) is 2.49. The minimum atomic E-state index is -3.81. The first-order chi connectivity index (χ1) is 11.7. The Morgan fingerprint density at radius 1 is 1.32 bits per heavy atom. The zero-order chi connectivity index (χ0) is 18.4. The number of nitrogens with one attached hydrogen (secondary N) is 3. The molecule has 1 saturated heterocycles. The van der Waals surface area contributed by atoms with Gasteiger partial charge in [-0.1, -0.05) is 0 Å². The molecule has 140 valence electrons. The first kappa shape index (κ1) is 19.5. The molecule has 0 spiro atoms. The molecule has 1 aromatic carbocycles. The van der Waals surface area contributed by atoms with Crippen molar-refractivity contribution < 1.29 is 23.1 Å². The van der Waals surface area contributed by atoms with Crippen LogP contribution in [0.15, 0.2) is 24.3 Å². The highest BCUT2D eigenvalue weighted by Gasteiger charge is 2.26. The summed E-state index contributed by atoms with van der Waals surface area (Å²) >= 11 is 0. The van der Waals surface area contributed by atoms with Crippen LogP contribution in [0.1, 0.15) is 13.8 Å². The van der Waals surface area contributed by atoms with Crippen LogP contribution in [0.2, 0.25) is 0 Å². The Labute approximate surface area is 148 Å². The van der Waals surface area contributed by atoms with Crippen LogP contribution >= 0.6 is 0 Å². The number of β-amino-alcohol motifs (C(OH)–C–C–N with tert-alkyl or cyclic N) is 1. The summed E-state index contributed by atoms with van der Waals surface area (Å²) in [4.78, 5) is 11.8. The standard InChI is InChI=1S/C16H25N3O5S/c1-11(2)24-14-5-3-13(4-6-14)19-25(22,23)10-16(21)18-8-12-7-17-9-15(12)20/h3-6,11-12,15,17,19-20H,7-10H2,1-2H3,(H,18,21). The van der Waals surface area contributed by atoms with Crippen molar-refractivity contribution >= 4 is 21.6 Å². The molecule has 1 amide bonds. The summed E-state index contributed by atoms with van der Waals surface area (Å²) in [6.45, 7) is 5.11. The van der Waals surface area contributed by atoms with E-state index >= 15 is 0 Å². The molecule has 1 heterocycles. The van der Waals surface area contributed by atoms with E-state index in [4.69, 9.17) is 4.74 Å². The molecule has 25 heavy (non-hydrogen) atoms. The summed E-state index contributed by atoms with van der Waals surface area (Å²) in [5.41, 5.74) is 0.360. The van der Waals surface area contributed by atoms with E-state index in [2.05, 4.69) is 15.4 Å². The molecule has 2 rings (SSSR count). The lowest BCUT2D eigenvalue weighted by Gasteiger charge is -2.14. The number of hydrogen-bond acceptors (Lipinski definition) is 6. The number of carbonyl (C=O) groups excluding carboxylic acids is 1. The average Bonchev–Trinajstić information content (AvgIpc) is 2.91. The second-order valence-corrected chi connectivity index (χ2v) is 8.06. The summed E-state index contributed by atoms with van der Waals surface area (Å²) < 4.78 is 32.0. The first-order valence-electron chi connectivity index (χ1n) is 8.18. The third-order valence-electron chi connectivity index (χ3n) is 3.69. The molecule has 0 bridgehead atoms. The van der Waals surface area contributed by atoms with Gasteiger partial charge in [0.2, 0.25) is 15.9 Å². The number of benzene rings is 1. The monoisotopic (exact) mass is 371 g/mol. The second kappa shape index (κ2) is 8.50. The van der Waals surface area contributed by atoms with Gasteiger partial charge in [-0.15, -0.1) is 0 Å². The Bertz CT molecular complexity index is 676. The topological polar surface area (TPSA) is 117 Å². The van der Waals surface area contributed by atoms with Crippen molar-refractivity contribution in [3.8, 4) is 5.75 Å². The maximum atomic E-state index is 12.1. The largest absolute Gasteiger partial charge is 0.491 e. The van der Waals surface area contributed by atoms with E-state index in [9.17, 15) is 18.3 Å². The van der Waals surface area contributed by atoms with E-state index in [1.807, 2.05) is 13.8 Å². The zero-order valence-corrected chi connectivity index (χ0v) is 15.2. The van der Waals surface area contributed by atoms with Gasteiger partial charge in [0.1, 0.15) is 11.5 Å². The van der Waals surface area contributed by atoms with Crippen LogP contribution in [0.4, 0.5) is 5.69 Å². The summed E-state index contributed by atoms with van der Waals surface area (Å²) in [6.07, 6.45) is -0.499. The third-order valence-corrected chi connectivity index (χ3v) is 4.88. The fraction of sp³-hybridized carbons (Fsp3) is 0.562. The number of anilines is 1. The molecule has 0 saturated carbocycles. The van der Waals surface area contributed by atoms with Crippen LogP contribution in [0, 0.1) is 5.92 Å². The van der Waals surface area contributed by atoms with Crippen molar-refractivity contribution in [1.82, 2.24) is 10.6 Å². The fourth-order valence-corrected chi connectivity index (χ4v) is 3.50. The normalized spacial score (nSPS) is 20.5. The Kier molecular flexibility index (Phi) is 6.63. The highest BCUT2D eigenvalue weighted by Crippen LogP contribution is 2.17. The SMILES string of the molecule is CC(C)Oc1ccc(NS(=O)(=O)CC(=O)NCC2CNCC2O)cc1. The van der Waals surface area contributed by atoms with Crippen LogP contribution in [-0.4, -0.2) is 57.0 Å². The Morgan fingerprint density at radius 3 is 2.56 bits per heavy atom. The van der Waals surface area contributed by atoms with E-state index < -0.39 is 27.8 Å². The maximum absolute atomic E-state index is 12.1. The van der Waals surface area contributed by atoms with Gasteiger partial charge >= 0.3 is 0 Å². The number of amides is 1. The lowest BCUT2D eigenvalue weighted by atomic mass is 10.1. The molecule has 2 atom stereocenters. The van der Waals surface area contributed by atoms with Gasteiger partial charge in [0.25, 0.3) is 0 Å². The van der Waals surface area contributed by atoms with Gasteiger partial charge in [0.15, 0.2) is 0 Å². The molecule has 1 aliphatic rings. The van der Waals surface area contributed by atoms with Gasteiger partial charge in [-0.3, -0.25) is 9.52 Å². The molecule has 2 unspecified atom stereocenters. The van der Waals surface area contributed by atoms with Gasteiger partial charge in [0, 0.05) is 31.2 Å². The number of aliphatic hydroxyl groups is 1. The van der Waals surface area contributed by atoms with Gasteiger partial charge in [-0.2, -0.15) is 0 Å². The van der Waals surface area contributed by atoms with E-state index in [0.29, 0.717) is 24.5 Å². The first-order valence-corrected chi connectivity index (χ1v) is 9.83. The Hall–Kier alpha value is -1.84. The minimum Gasteiger partial charge on any atom is -0.491 e. The van der Waals surface area contributed by atoms with Gasteiger partial charge < -0.3 is 20.5 Å². The quantitative estimate of drug-likeness (QED) is 0.508. The van der Waals surface area contributed by atoms with E-state index in [1.54, 1.807) is 24.3 Å². The number of hydrogen-bond donors (Lipinski definition) is 4. The van der Waals surface area contributed by atoms with Crippen LogP contribution in [0.25, 0.3) is 0 Å². The molecule has 4 N–H and O–H groups in total. The lowest BCUT2D eigenvalue weighted by molar-refractivity contribution is -0.118. The highest BCUT2D eigenvalue weighted by atomic mass is 32.2. The number of carbonyl (C=O) groups is 1. The van der Waals surface area contributed by atoms with E-state index in [-0.39, 0.29) is 18.6 Å². The van der Waals surface area contributed by atoms with Crippen LogP contribution in [0.3, 0.4) is 0 Å². The van der Waals surface area contributed by atoms with E-state index in [0.717, 1.165) is 0 Å². The van der Waals surface area contributed by atoms with Crippen molar-refractivity contribution in [2.45, 2.75) is 26.1 Å². The molecule has 0 aromatic heterocycles. The summed E-state index contributed by atoms with van der Waals surface area (Å²) in [5.74, 6) is -0.744. The van der Waals surface area contributed by atoms with Crippen molar-refractivity contribution in [3.05, 3.63) is 24.3 Å². The smallest absolute Gasteiger partial charge is 0.241 e. The highest BCUT2D eigenvalue weighted by molar-refractivity contribution is 7.93. The number of rotatable bonds is 8. The van der Waals surface area contributed by atoms with Crippen LogP contribution in [-0.2, 0) is 14.8 Å². The minimum absolute atomic E-state index is 0.0276. The number of aliphatic hydroxyl groups excluding tert-OH is 1. The van der Waals surface area contributed by atoms with Crippen molar-refractivity contribution in [3.63, 3.8) is 0 Å². The molecular formula is C16H25N3O5S. The zero-order valence-electron chi connectivity index (χ0n) is 14.4. The van der Waals surface area contributed by atoms with Gasteiger partial charge in [0.05, 0.1) is 12.2 Å². The van der Waals surface area contributed by atoms with Crippen molar-refractivity contribution in [2.24, 2.45) is 5.92 Å².